The third-order valence-corrected chi connectivity index (χ3v) is 7.50. The molecule has 1 fully saturated rings. The third-order valence-electron chi connectivity index (χ3n) is 7.50. The highest BCUT2D eigenvalue weighted by Gasteiger charge is 2.41. The number of aliphatic carboxylic acids is 1. The summed E-state index contributed by atoms with van der Waals surface area (Å²) in [4.78, 5) is 46.7. The molecule has 2 aliphatic rings. The molecule has 8 nitrogen and oxygen atoms in total. The number of hydrogen-bond donors (Lipinski definition) is 1. The van der Waals surface area contributed by atoms with Crippen molar-refractivity contribution in [1.82, 2.24) is 14.7 Å². The Morgan fingerprint density at radius 2 is 1.36 bits per heavy atom. The summed E-state index contributed by atoms with van der Waals surface area (Å²) in [5.74, 6) is -1.11. The molecule has 2 aliphatic heterocycles. The molecule has 1 N–H and O–H groups in total. The monoisotopic (exact) mass is 532 g/mol. The number of amides is 4. The van der Waals surface area contributed by atoms with E-state index >= 15 is 0 Å². The first-order valence-corrected chi connectivity index (χ1v) is 14.2. The Bertz CT molecular complexity index is 1140. The van der Waals surface area contributed by atoms with Crippen LogP contribution in [0.15, 0.2) is 48.5 Å². The van der Waals surface area contributed by atoms with E-state index in [9.17, 15) is 19.5 Å². The van der Waals surface area contributed by atoms with Gasteiger partial charge in [-0.1, -0.05) is 88.1 Å². The van der Waals surface area contributed by atoms with Gasteiger partial charge in [-0.25, -0.2) is 14.4 Å². The zero-order valence-electron chi connectivity index (χ0n) is 23.1. The molecule has 39 heavy (non-hydrogen) atoms. The maximum Gasteiger partial charge on any atom is 0.330 e. The molecule has 8 heteroatoms. The van der Waals surface area contributed by atoms with Gasteiger partial charge in [0.25, 0.3) is 0 Å². The Morgan fingerprint density at radius 3 is 1.87 bits per heavy atom. The summed E-state index contributed by atoms with van der Waals surface area (Å²) in [6.07, 6.45) is 10.0. The number of unbranched alkanes of at least 4 members (excludes halogenated alkanes) is 4. The van der Waals surface area contributed by atoms with Crippen molar-refractivity contribution >= 4 is 41.6 Å². The standard InChI is InChI=1S/C31H40N4O4/c1-3-5-11-19-32(20-12-6-4-2)30(38)33-21-22-34(28(23-33)29(36)37)31(39)35-26-15-9-7-13-24(26)17-18-25-14-8-10-16-27(25)35/h7-10,13-18,28H,3-6,11-12,19-23H2,1-2H3,(H,36,37)/t28-/m0/s1. The minimum Gasteiger partial charge on any atom is -0.480 e. The van der Waals surface area contributed by atoms with E-state index in [1.165, 1.54) is 4.90 Å². The molecular weight excluding hydrogens is 492 g/mol. The third kappa shape index (κ3) is 6.44. The number of para-hydroxylation sites is 2. The van der Waals surface area contributed by atoms with Crippen LogP contribution in [-0.2, 0) is 4.79 Å². The van der Waals surface area contributed by atoms with Crippen molar-refractivity contribution in [2.45, 2.75) is 58.4 Å². The maximum absolute atomic E-state index is 14.2. The number of benzene rings is 2. The smallest absolute Gasteiger partial charge is 0.330 e. The molecular formula is C31H40N4O4. The Labute approximate surface area is 231 Å². The predicted octanol–water partition coefficient (Wildman–Crippen LogP) is 6.30. The lowest BCUT2D eigenvalue weighted by Gasteiger charge is -2.42. The number of urea groups is 2. The van der Waals surface area contributed by atoms with E-state index in [1.54, 1.807) is 9.80 Å². The summed E-state index contributed by atoms with van der Waals surface area (Å²) in [5.41, 5.74) is 3.14. The highest BCUT2D eigenvalue weighted by molar-refractivity contribution is 6.06. The summed E-state index contributed by atoms with van der Waals surface area (Å²) in [6.45, 7) is 6.01. The molecule has 1 saturated heterocycles. The zero-order chi connectivity index (χ0) is 27.8. The van der Waals surface area contributed by atoms with E-state index in [-0.39, 0.29) is 19.1 Å². The highest BCUT2D eigenvalue weighted by atomic mass is 16.4. The normalized spacial score (nSPS) is 16.4. The van der Waals surface area contributed by atoms with Crippen LogP contribution < -0.4 is 4.90 Å². The highest BCUT2D eigenvalue weighted by Crippen LogP contribution is 2.37. The Morgan fingerprint density at radius 1 is 0.821 bits per heavy atom. The van der Waals surface area contributed by atoms with Crippen molar-refractivity contribution in [1.29, 1.82) is 0 Å². The largest absolute Gasteiger partial charge is 0.480 e. The fraction of sp³-hybridized carbons (Fsp3) is 0.452. The Kier molecular flexibility index (Phi) is 9.63. The first kappa shape index (κ1) is 28.2. The van der Waals surface area contributed by atoms with Crippen molar-refractivity contribution in [2.24, 2.45) is 0 Å². The van der Waals surface area contributed by atoms with Gasteiger partial charge in [-0.2, -0.15) is 0 Å². The number of nitrogens with zero attached hydrogens (tertiary/aromatic N) is 4. The van der Waals surface area contributed by atoms with Crippen molar-refractivity contribution in [3.8, 4) is 0 Å². The minimum absolute atomic E-state index is 0.0344. The number of fused-ring (bicyclic) bond motifs is 2. The molecule has 0 bridgehead atoms. The second-order valence-electron chi connectivity index (χ2n) is 10.2. The van der Waals surface area contributed by atoms with Gasteiger partial charge in [0.15, 0.2) is 0 Å². The van der Waals surface area contributed by atoms with Gasteiger partial charge >= 0.3 is 18.0 Å². The second kappa shape index (κ2) is 13.3. The maximum atomic E-state index is 14.2. The van der Waals surface area contributed by atoms with Gasteiger partial charge in [-0.05, 0) is 36.1 Å². The average Bonchev–Trinajstić information content (AvgIpc) is 3.12. The lowest BCUT2D eigenvalue weighted by atomic mass is 10.1. The number of carboxylic acid groups (broad SMARTS) is 1. The van der Waals surface area contributed by atoms with E-state index in [0.29, 0.717) is 31.0 Å². The van der Waals surface area contributed by atoms with Gasteiger partial charge < -0.3 is 19.8 Å². The molecule has 0 unspecified atom stereocenters. The van der Waals surface area contributed by atoms with Crippen LogP contribution >= 0.6 is 0 Å². The van der Waals surface area contributed by atoms with Crippen molar-refractivity contribution in [2.75, 3.05) is 37.6 Å². The number of carbonyl (C=O) groups excluding carboxylic acids is 2. The SMILES string of the molecule is CCCCCN(CCCCC)C(=O)N1CCN(C(=O)N2c3ccccc3C=Cc3ccccc32)[C@H](C(=O)O)C1. The number of piperazine rings is 1. The van der Waals surface area contributed by atoms with Crippen LogP contribution in [0.5, 0.6) is 0 Å². The zero-order valence-corrected chi connectivity index (χ0v) is 23.1. The molecule has 0 radical (unpaired) electrons. The number of carboxylic acids is 1. The topological polar surface area (TPSA) is 84.4 Å². The number of anilines is 2. The number of hydrogen-bond acceptors (Lipinski definition) is 3. The first-order valence-electron chi connectivity index (χ1n) is 14.2. The van der Waals surface area contributed by atoms with Crippen LogP contribution in [0.4, 0.5) is 21.0 Å². The summed E-state index contributed by atoms with van der Waals surface area (Å²) < 4.78 is 0. The van der Waals surface area contributed by atoms with Crippen molar-refractivity contribution in [3.05, 3.63) is 59.7 Å². The van der Waals surface area contributed by atoms with Gasteiger partial charge in [0.05, 0.1) is 17.9 Å². The first-order chi connectivity index (χ1) is 19.0. The van der Waals surface area contributed by atoms with Gasteiger partial charge in [-0.15, -0.1) is 0 Å². The molecule has 0 aliphatic carbocycles. The number of rotatable bonds is 9. The molecule has 0 aromatic heterocycles. The average molecular weight is 533 g/mol. The molecule has 0 spiro atoms. The molecule has 4 amide bonds. The minimum atomic E-state index is -1.14. The molecule has 0 saturated carbocycles. The Balaban J connectivity index is 1.57. The van der Waals surface area contributed by atoms with Gasteiger partial charge in [-0.3, -0.25) is 4.90 Å². The van der Waals surface area contributed by atoms with Crippen LogP contribution in [0.25, 0.3) is 12.2 Å². The molecule has 2 aromatic carbocycles. The molecule has 2 heterocycles. The van der Waals surface area contributed by atoms with Gasteiger partial charge in [0.2, 0.25) is 0 Å². The lowest BCUT2D eigenvalue weighted by Crippen LogP contribution is -2.62. The van der Waals surface area contributed by atoms with Crippen molar-refractivity contribution < 1.29 is 19.5 Å². The molecule has 4 rings (SSSR count). The Hall–Kier alpha value is -3.81. The van der Waals surface area contributed by atoms with Crippen LogP contribution in [0.1, 0.15) is 63.5 Å². The van der Waals surface area contributed by atoms with E-state index in [2.05, 4.69) is 13.8 Å². The second-order valence-corrected chi connectivity index (χ2v) is 10.2. The predicted molar refractivity (Wildman–Crippen MR) is 155 cm³/mol. The van der Waals surface area contributed by atoms with Gasteiger partial charge in [0, 0.05) is 26.2 Å². The quantitative estimate of drug-likeness (QED) is 0.384. The van der Waals surface area contributed by atoms with Crippen LogP contribution in [0.3, 0.4) is 0 Å². The molecule has 1 atom stereocenters. The van der Waals surface area contributed by atoms with Crippen LogP contribution in [0, 0.1) is 0 Å². The van der Waals surface area contributed by atoms with E-state index < -0.39 is 18.0 Å². The van der Waals surface area contributed by atoms with Crippen LogP contribution in [0.2, 0.25) is 0 Å². The summed E-state index contributed by atoms with van der Waals surface area (Å²) >= 11 is 0. The van der Waals surface area contributed by atoms with Crippen molar-refractivity contribution in [3.63, 3.8) is 0 Å². The lowest BCUT2D eigenvalue weighted by molar-refractivity contribution is -0.143. The fourth-order valence-corrected chi connectivity index (χ4v) is 5.31. The van der Waals surface area contributed by atoms with E-state index in [1.807, 2.05) is 65.6 Å². The van der Waals surface area contributed by atoms with E-state index in [4.69, 9.17) is 0 Å². The van der Waals surface area contributed by atoms with Crippen LogP contribution in [-0.4, -0.2) is 76.6 Å². The summed E-state index contributed by atoms with van der Waals surface area (Å²) in [5, 5.41) is 10.2. The summed E-state index contributed by atoms with van der Waals surface area (Å²) in [6, 6.07) is 13.5. The number of carbonyl (C=O) groups is 3. The molecule has 208 valence electrons. The van der Waals surface area contributed by atoms with E-state index in [0.717, 1.165) is 49.7 Å². The summed E-state index contributed by atoms with van der Waals surface area (Å²) in [7, 11) is 0. The molecule has 2 aromatic rings. The van der Waals surface area contributed by atoms with Gasteiger partial charge in [0.1, 0.15) is 6.04 Å². The fourth-order valence-electron chi connectivity index (χ4n) is 5.31.